The Labute approximate surface area is 151 Å². The molecule has 2 amide bonds. The predicted molar refractivity (Wildman–Crippen MR) is 100 cm³/mol. The molecule has 0 aliphatic carbocycles. The van der Waals surface area contributed by atoms with Gasteiger partial charge in [-0.05, 0) is 38.1 Å². The lowest BCUT2D eigenvalue weighted by atomic mass is 9.90. The van der Waals surface area contributed by atoms with Gasteiger partial charge in [-0.3, -0.25) is 19.6 Å². The molecule has 0 bridgehead atoms. The quantitative estimate of drug-likeness (QED) is 0.695. The van der Waals surface area contributed by atoms with Gasteiger partial charge in [-0.1, -0.05) is 24.3 Å². The van der Waals surface area contributed by atoms with Gasteiger partial charge in [-0.15, -0.1) is 0 Å². The SMILES string of the molecule is CC(C)(C(=O)NCc1ccccn1)C(=O)Nc1cccc2cccnc12. The first-order chi connectivity index (χ1) is 12.5. The van der Waals surface area contributed by atoms with Gasteiger partial charge < -0.3 is 10.6 Å². The second-order valence-corrected chi connectivity index (χ2v) is 6.46. The Hall–Kier alpha value is -3.28. The van der Waals surface area contributed by atoms with Crippen LogP contribution in [-0.4, -0.2) is 21.8 Å². The summed E-state index contributed by atoms with van der Waals surface area (Å²) >= 11 is 0. The van der Waals surface area contributed by atoms with Crippen LogP contribution in [0.4, 0.5) is 5.69 Å². The molecule has 2 heterocycles. The zero-order chi connectivity index (χ0) is 18.6. The molecule has 2 aromatic heterocycles. The van der Waals surface area contributed by atoms with Gasteiger partial charge in [-0.2, -0.15) is 0 Å². The summed E-state index contributed by atoms with van der Waals surface area (Å²) in [6.07, 6.45) is 3.33. The second-order valence-electron chi connectivity index (χ2n) is 6.46. The molecule has 0 radical (unpaired) electrons. The fourth-order valence-corrected chi connectivity index (χ4v) is 2.48. The molecule has 0 unspecified atom stereocenters. The highest BCUT2D eigenvalue weighted by Crippen LogP contribution is 2.24. The molecule has 0 saturated heterocycles. The number of fused-ring (bicyclic) bond motifs is 1. The van der Waals surface area contributed by atoms with Crippen molar-refractivity contribution in [2.45, 2.75) is 20.4 Å². The number of carbonyl (C=O) groups is 2. The van der Waals surface area contributed by atoms with Crippen molar-refractivity contribution in [2.75, 3.05) is 5.32 Å². The van der Waals surface area contributed by atoms with E-state index in [1.165, 1.54) is 0 Å². The number of aromatic nitrogens is 2. The van der Waals surface area contributed by atoms with Gasteiger partial charge in [0.2, 0.25) is 11.8 Å². The van der Waals surface area contributed by atoms with Crippen molar-refractivity contribution in [1.82, 2.24) is 15.3 Å². The van der Waals surface area contributed by atoms with Crippen molar-refractivity contribution >= 4 is 28.4 Å². The molecule has 132 valence electrons. The number of anilines is 1. The van der Waals surface area contributed by atoms with Crippen LogP contribution in [-0.2, 0) is 16.1 Å². The molecule has 0 aliphatic rings. The van der Waals surface area contributed by atoms with Gasteiger partial charge in [0.25, 0.3) is 0 Å². The van der Waals surface area contributed by atoms with Gasteiger partial charge >= 0.3 is 0 Å². The molecule has 26 heavy (non-hydrogen) atoms. The molecule has 0 aliphatic heterocycles. The molecule has 6 heteroatoms. The van der Waals surface area contributed by atoms with E-state index in [0.717, 1.165) is 11.1 Å². The van der Waals surface area contributed by atoms with Crippen LogP contribution in [0.25, 0.3) is 10.9 Å². The minimum Gasteiger partial charge on any atom is -0.350 e. The van der Waals surface area contributed by atoms with Gasteiger partial charge in [-0.25, -0.2) is 0 Å². The summed E-state index contributed by atoms with van der Waals surface area (Å²) in [6, 6.07) is 14.8. The lowest BCUT2D eigenvalue weighted by Crippen LogP contribution is -2.45. The fraction of sp³-hybridized carbons (Fsp3) is 0.200. The van der Waals surface area contributed by atoms with Crippen molar-refractivity contribution < 1.29 is 9.59 Å². The van der Waals surface area contributed by atoms with Crippen LogP contribution in [0.3, 0.4) is 0 Å². The molecule has 0 saturated carbocycles. The maximum atomic E-state index is 12.7. The van der Waals surface area contributed by atoms with Crippen LogP contribution in [0, 0.1) is 5.41 Å². The Bertz CT molecular complexity index is 933. The standard InChI is InChI=1S/C20H20N4O2/c1-20(2,18(25)23-13-15-9-3-4-11-21-15)19(26)24-16-10-5-7-14-8-6-12-22-17(14)16/h3-12H,13H2,1-2H3,(H,23,25)(H,24,26). The zero-order valence-corrected chi connectivity index (χ0v) is 14.7. The number of pyridine rings is 2. The number of nitrogens with zero attached hydrogens (tertiary/aromatic N) is 2. The Balaban J connectivity index is 1.71. The number of hydrogen-bond donors (Lipinski definition) is 2. The van der Waals surface area contributed by atoms with E-state index in [1.54, 1.807) is 38.4 Å². The van der Waals surface area contributed by atoms with E-state index in [1.807, 2.05) is 36.4 Å². The van der Waals surface area contributed by atoms with E-state index in [0.29, 0.717) is 11.2 Å². The Kier molecular flexibility index (Phi) is 4.93. The highest BCUT2D eigenvalue weighted by Gasteiger charge is 2.36. The lowest BCUT2D eigenvalue weighted by molar-refractivity contribution is -0.138. The van der Waals surface area contributed by atoms with E-state index in [2.05, 4.69) is 20.6 Å². The summed E-state index contributed by atoms with van der Waals surface area (Å²) in [6.45, 7) is 3.45. The molecule has 2 N–H and O–H groups in total. The summed E-state index contributed by atoms with van der Waals surface area (Å²) in [4.78, 5) is 33.7. The van der Waals surface area contributed by atoms with E-state index >= 15 is 0 Å². The van der Waals surface area contributed by atoms with Crippen LogP contribution >= 0.6 is 0 Å². The molecule has 1 aromatic carbocycles. The van der Waals surface area contributed by atoms with Crippen molar-refractivity contribution in [3.8, 4) is 0 Å². The predicted octanol–water partition coefficient (Wildman–Crippen LogP) is 2.91. The third-order valence-electron chi connectivity index (χ3n) is 4.17. The van der Waals surface area contributed by atoms with E-state index in [9.17, 15) is 9.59 Å². The minimum atomic E-state index is -1.24. The number of carbonyl (C=O) groups excluding carboxylic acids is 2. The number of benzene rings is 1. The first kappa shape index (κ1) is 17.5. The summed E-state index contributed by atoms with van der Waals surface area (Å²) in [5.41, 5.74) is 0.758. The molecule has 6 nitrogen and oxygen atoms in total. The molecule has 3 rings (SSSR count). The molecular formula is C20H20N4O2. The Morgan fingerprint density at radius 1 is 0.923 bits per heavy atom. The zero-order valence-electron chi connectivity index (χ0n) is 14.7. The Morgan fingerprint density at radius 3 is 2.46 bits per heavy atom. The van der Waals surface area contributed by atoms with Gasteiger partial charge in [0, 0.05) is 17.8 Å². The van der Waals surface area contributed by atoms with Crippen LogP contribution in [0.15, 0.2) is 60.9 Å². The van der Waals surface area contributed by atoms with Crippen molar-refractivity contribution in [3.63, 3.8) is 0 Å². The fourth-order valence-electron chi connectivity index (χ4n) is 2.48. The number of hydrogen-bond acceptors (Lipinski definition) is 4. The summed E-state index contributed by atoms with van der Waals surface area (Å²) in [7, 11) is 0. The summed E-state index contributed by atoms with van der Waals surface area (Å²) in [5.74, 6) is -0.761. The van der Waals surface area contributed by atoms with Crippen LogP contribution in [0.2, 0.25) is 0 Å². The second kappa shape index (κ2) is 7.31. The number of nitrogens with one attached hydrogen (secondary N) is 2. The lowest BCUT2D eigenvalue weighted by Gasteiger charge is -2.23. The monoisotopic (exact) mass is 348 g/mol. The molecule has 0 fully saturated rings. The third kappa shape index (κ3) is 3.69. The average Bonchev–Trinajstić information content (AvgIpc) is 2.67. The smallest absolute Gasteiger partial charge is 0.239 e. The van der Waals surface area contributed by atoms with E-state index < -0.39 is 11.3 Å². The average molecular weight is 348 g/mol. The Morgan fingerprint density at radius 2 is 1.69 bits per heavy atom. The van der Waals surface area contributed by atoms with E-state index in [4.69, 9.17) is 0 Å². The normalized spacial score (nSPS) is 11.2. The number of rotatable bonds is 5. The van der Waals surface area contributed by atoms with Crippen molar-refractivity contribution in [3.05, 3.63) is 66.6 Å². The molecule has 0 spiro atoms. The maximum Gasteiger partial charge on any atom is 0.239 e. The summed E-state index contributed by atoms with van der Waals surface area (Å²) in [5, 5.41) is 6.51. The topological polar surface area (TPSA) is 84.0 Å². The molecular weight excluding hydrogens is 328 g/mol. The first-order valence-corrected chi connectivity index (χ1v) is 8.32. The summed E-state index contributed by atoms with van der Waals surface area (Å²) < 4.78 is 0. The van der Waals surface area contributed by atoms with Crippen molar-refractivity contribution in [1.29, 1.82) is 0 Å². The van der Waals surface area contributed by atoms with E-state index in [-0.39, 0.29) is 12.5 Å². The van der Waals surface area contributed by atoms with Crippen LogP contribution < -0.4 is 10.6 Å². The highest BCUT2D eigenvalue weighted by molar-refractivity contribution is 6.12. The van der Waals surface area contributed by atoms with Gasteiger partial charge in [0.05, 0.1) is 23.4 Å². The largest absolute Gasteiger partial charge is 0.350 e. The maximum absolute atomic E-state index is 12.7. The van der Waals surface area contributed by atoms with Crippen LogP contribution in [0.5, 0.6) is 0 Å². The van der Waals surface area contributed by atoms with Crippen molar-refractivity contribution in [2.24, 2.45) is 5.41 Å². The van der Waals surface area contributed by atoms with Gasteiger partial charge in [0.15, 0.2) is 0 Å². The third-order valence-corrected chi connectivity index (χ3v) is 4.17. The molecule has 0 atom stereocenters. The minimum absolute atomic E-state index is 0.270. The first-order valence-electron chi connectivity index (χ1n) is 8.32. The van der Waals surface area contributed by atoms with Gasteiger partial charge in [0.1, 0.15) is 5.41 Å². The number of amides is 2. The van der Waals surface area contributed by atoms with Crippen LogP contribution in [0.1, 0.15) is 19.5 Å². The highest BCUT2D eigenvalue weighted by atomic mass is 16.2. The number of para-hydroxylation sites is 1. The molecule has 3 aromatic rings.